The van der Waals surface area contributed by atoms with Crippen molar-refractivity contribution in [2.45, 2.75) is 11.8 Å². The molecule has 0 radical (unpaired) electrons. The first-order valence-electron chi connectivity index (χ1n) is 3.48. The van der Waals surface area contributed by atoms with E-state index in [-0.39, 0.29) is 4.90 Å². The first kappa shape index (κ1) is 9.71. The van der Waals surface area contributed by atoms with Gasteiger partial charge in [-0.3, -0.25) is 0 Å². The van der Waals surface area contributed by atoms with Gasteiger partial charge >= 0.3 is 0 Å². The molecular formula is C8H8N2O2S. The van der Waals surface area contributed by atoms with Crippen LogP contribution in [0.2, 0.25) is 0 Å². The second-order valence-corrected chi connectivity index (χ2v) is 4.19. The van der Waals surface area contributed by atoms with Crippen LogP contribution in [0.25, 0.3) is 0 Å². The van der Waals surface area contributed by atoms with Gasteiger partial charge in [-0.15, -0.1) is 0 Å². The van der Waals surface area contributed by atoms with Gasteiger partial charge in [0.15, 0.2) is 0 Å². The third kappa shape index (κ3) is 2.05. The Balaban J connectivity index is 3.41. The first-order chi connectivity index (χ1) is 5.95. The number of sulfonamides is 1. The zero-order chi connectivity index (χ0) is 10.1. The molecule has 0 aliphatic heterocycles. The van der Waals surface area contributed by atoms with Crippen molar-refractivity contribution in [3.05, 3.63) is 29.3 Å². The lowest BCUT2D eigenvalue weighted by Gasteiger charge is -2.00. The van der Waals surface area contributed by atoms with Gasteiger partial charge in [-0.2, -0.15) is 5.26 Å². The normalized spacial score (nSPS) is 10.8. The molecule has 4 nitrogen and oxygen atoms in total. The van der Waals surface area contributed by atoms with Gasteiger partial charge in [-0.25, -0.2) is 13.6 Å². The van der Waals surface area contributed by atoms with E-state index < -0.39 is 10.0 Å². The first-order valence-corrected chi connectivity index (χ1v) is 5.03. The highest BCUT2D eigenvalue weighted by Gasteiger charge is 2.09. The van der Waals surface area contributed by atoms with Crippen molar-refractivity contribution in [1.82, 2.24) is 0 Å². The second kappa shape index (κ2) is 3.17. The molecule has 0 amide bonds. The van der Waals surface area contributed by atoms with E-state index in [1.807, 2.05) is 6.07 Å². The van der Waals surface area contributed by atoms with Gasteiger partial charge in [0.1, 0.15) is 0 Å². The van der Waals surface area contributed by atoms with E-state index in [9.17, 15) is 8.42 Å². The van der Waals surface area contributed by atoms with Gasteiger partial charge in [0.2, 0.25) is 10.0 Å². The highest BCUT2D eigenvalue weighted by atomic mass is 32.2. The Kier molecular flexibility index (Phi) is 2.36. The van der Waals surface area contributed by atoms with E-state index in [0.717, 1.165) is 5.56 Å². The quantitative estimate of drug-likeness (QED) is 0.710. The Labute approximate surface area is 76.7 Å². The van der Waals surface area contributed by atoms with Gasteiger partial charge in [-0.1, -0.05) is 6.07 Å². The monoisotopic (exact) mass is 196 g/mol. The van der Waals surface area contributed by atoms with E-state index in [0.29, 0.717) is 5.56 Å². The van der Waals surface area contributed by atoms with Crippen molar-refractivity contribution in [2.24, 2.45) is 5.14 Å². The summed E-state index contributed by atoms with van der Waals surface area (Å²) >= 11 is 0. The molecule has 0 aliphatic carbocycles. The SMILES string of the molecule is Cc1ccc(S(N)(=O)=O)cc1C#N. The molecule has 1 aromatic carbocycles. The maximum absolute atomic E-state index is 10.9. The lowest BCUT2D eigenvalue weighted by atomic mass is 10.1. The topological polar surface area (TPSA) is 84.0 Å². The molecule has 0 spiro atoms. The average molecular weight is 196 g/mol. The summed E-state index contributed by atoms with van der Waals surface area (Å²) in [6.07, 6.45) is 0. The standard InChI is InChI=1S/C8H8N2O2S/c1-6-2-3-8(13(10,11)12)4-7(6)5-9/h2-4H,1H3,(H2,10,11,12). The number of nitriles is 1. The summed E-state index contributed by atoms with van der Waals surface area (Å²) in [7, 11) is -3.70. The Morgan fingerprint density at radius 3 is 2.54 bits per heavy atom. The zero-order valence-electron chi connectivity index (χ0n) is 6.98. The van der Waals surface area contributed by atoms with Crippen LogP contribution in [-0.4, -0.2) is 8.42 Å². The molecule has 1 rings (SSSR count). The van der Waals surface area contributed by atoms with Gasteiger partial charge in [0.05, 0.1) is 16.5 Å². The van der Waals surface area contributed by atoms with Crippen LogP contribution in [0, 0.1) is 18.3 Å². The maximum Gasteiger partial charge on any atom is 0.238 e. The van der Waals surface area contributed by atoms with Crippen LogP contribution in [0.3, 0.4) is 0 Å². The molecule has 68 valence electrons. The van der Waals surface area contributed by atoms with E-state index in [2.05, 4.69) is 0 Å². The lowest BCUT2D eigenvalue weighted by Crippen LogP contribution is -2.12. The summed E-state index contributed by atoms with van der Waals surface area (Å²) in [6, 6.07) is 6.09. The molecule has 0 atom stereocenters. The minimum absolute atomic E-state index is 0.0327. The molecule has 0 aliphatic rings. The summed E-state index contributed by atoms with van der Waals surface area (Å²) in [6.45, 7) is 1.73. The molecule has 5 heteroatoms. The van der Waals surface area contributed by atoms with Crippen LogP contribution in [0.5, 0.6) is 0 Å². The Hall–Kier alpha value is -1.38. The van der Waals surface area contributed by atoms with Gasteiger partial charge in [0.25, 0.3) is 0 Å². The van der Waals surface area contributed by atoms with Gasteiger partial charge < -0.3 is 0 Å². The molecule has 0 bridgehead atoms. The number of nitrogens with two attached hydrogens (primary N) is 1. The van der Waals surface area contributed by atoms with Crippen molar-refractivity contribution >= 4 is 10.0 Å². The summed E-state index contributed by atoms with van der Waals surface area (Å²) in [4.78, 5) is -0.0327. The number of rotatable bonds is 1. The predicted molar refractivity (Wildman–Crippen MR) is 47.3 cm³/mol. The average Bonchev–Trinajstić information content (AvgIpc) is 2.03. The third-order valence-electron chi connectivity index (χ3n) is 1.66. The smallest absolute Gasteiger partial charge is 0.225 e. The summed E-state index contributed by atoms with van der Waals surface area (Å²) in [5.41, 5.74) is 1.06. The highest BCUT2D eigenvalue weighted by molar-refractivity contribution is 7.89. The Morgan fingerprint density at radius 2 is 2.08 bits per heavy atom. The fourth-order valence-electron chi connectivity index (χ4n) is 0.899. The molecule has 0 fully saturated rings. The van der Waals surface area contributed by atoms with E-state index >= 15 is 0 Å². The fraction of sp³-hybridized carbons (Fsp3) is 0.125. The van der Waals surface area contributed by atoms with Crippen LogP contribution in [0.1, 0.15) is 11.1 Å². The molecule has 0 aromatic heterocycles. The van der Waals surface area contributed by atoms with Crippen LogP contribution >= 0.6 is 0 Å². The molecule has 1 aromatic rings. The fourth-order valence-corrected chi connectivity index (χ4v) is 1.44. The van der Waals surface area contributed by atoms with Gasteiger partial charge in [0, 0.05) is 0 Å². The third-order valence-corrected chi connectivity index (χ3v) is 2.57. The predicted octanol–water partition coefficient (Wildman–Crippen LogP) is 0.514. The van der Waals surface area contributed by atoms with Gasteiger partial charge in [-0.05, 0) is 24.6 Å². The highest BCUT2D eigenvalue weighted by Crippen LogP contribution is 2.12. The number of hydrogen-bond donors (Lipinski definition) is 1. The van der Waals surface area contributed by atoms with E-state index in [1.165, 1.54) is 12.1 Å². The minimum atomic E-state index is -3.70. The van der Waals surface area contributed by atoms with Crippen LogP contribution < -0.4 is 5.14 Å². The molecule has 0 heterocycles. The van der Waals surface area contributed by atoms with Crippen LogP contribution in [0.15, 0.2) is 23.1 Å². The molecule has 0 saturated carbocycles. The zero-order valence-corrected chi connectivity index (χ0v) is 7.80. The summed E-state index contributed by atoms with van der Waals surface area (Å²) in [5, 5.41) is 13.5. The van der Waals surface area contributed by atoms with Crippen molar-refractivity contribution in [3.8, 4) is 6.07 Å². The number of benzene rings is 1. The largest absolute Gasteiger partial charge is 0.238 e. The van der Waals surface area contributed by atoms with Crippen LogP contribution in [0.4, 0.5) is 0 Å². The minimum Gasteiger partial charge on any atom is -0.225 e. The second-order valence-electron chi connectivity index (χ2n) is 2.63. The van der Waals surface area contributed by atoms with E-state index in [1.54, 1.807) is 13.0 Å². The summed E-state index contributed by atoms with van der Waals surface area (Å²) in [5.74, 6) is 0. The Bertz CT molecular complexity index is 471. The molecule has 2 N–H and O–H groups in total. The van der Waals surface area contributed by atoms with E-state index in [4.69, 9.17) is 10.4 Å². The van der Waals surface area contributed by atoms with Crippen molar-refractivity contribution in [2.75, 3.05) is 0 Å². The summed E-state index contributed by atoms with van der Waals surface area (Å²) < 4.78 is 21.8. The van der Waals surface area contributed by atoms with Crippen molar-refractivity contribution in [3.63, 3.8) is 0 Å². The van der Waals surface area contributed by atoms with Crippen molar-refractivity contribution in [1.29, 1.82) is 5.26 Å². The molecule has 0 saturated heterocycles. The molecule has 13 heavy (non-hydrogen) atoms. The van der Waals surface area contributed by atoms with Crippen LogP contribution in [-0.2, 0) is 10.0 Å². The van der Waals surface area contributed by atoms with Crippen molar-refractivity contribution < 1.29 is 8.42 Å². The lowest BCUT2D eigenvalue weighted by molar-refractivity contribution is 0.598. The molecular weight excluding hydrogens is 188 g/mol. The Morgan fingerprint density at radius 1 is 1.46 bits per heavy atom. The number of primary sulfonamides is 1. The molecule has 0 unspecified atom stereocenters. The number of hydrogen-bond acceptors (Lipinski definition) is 3. The number of nitrogens with zero attached hydrogens (tertiary/aromatic N) is 1. The number of aryl methyl sites for hydroxylation is 1. The maximum atomic E-state index is 10.9.